The number of rotatable bonds is 3. The number of nitrogens with two attached hydrogens (primary N) is 1. The van der Waals surface area contributed by atoms with Crippen LogP contribution >= 0.6 is 0 Å². The first-order chi connectivity index (χ1) is 10.8. The van der Waals surface area contributed by atoms with Crippen molar-refractivity contribution >= 4 is 11.7 Å². The predicted molar refractivity (Wildman–Crippen MR) is 89.4 cm³/mol. The average molecular weight is 311 g/mol. The topological polar surface area (TPSA) is 78.3 Å². The number of benzene rings is 1. The van der Waals surface area contributed by atoms with E-state index in [1.807, 2.05) is 25.1 Å². The molecule has 0 saturated heterocycles. The smallest absolute Gasteiger partial charge is 0.254 e. The van der Waals surface area contributed by atoms with E-state index in [4.69, 9.17) is 10.5 Å². The number of anilines is 1. The van der Waals surface area contributed by atoms with Gasteiger partial charge in [0, 0.05) is 6.20 Å². The van der Waals surface area contributed by atoms with Gasteiger partial charge in [-0.2, -0.15) is 9.50 Å². The van der Waals surface area contributed by atoms with Crippen LogP contribution in [-0.2, 0) is 5.41 Å². The van der Waals surface area contributed by atoms with Crippen LogP contribution in [0.15, 0.2) is 36.5 Å². The molecular weight excluding hydrogens is 290 g/mol. The summed E-state index contributed by atoms with van der Waals surface area (Å²) in [5.74, 6) is 1.48. The highest BCUT2D eigenvalue weighted by Crippen LogP contribution is 2.26. The van der Waals surface area contributed by atoms with E-state index in [0.29, 0.717) is 5.78 Å². The Kier molecular flexibility index (Phi) is 3.67. The standard InChI is InChI=1S/C17H21N5O/c1-11(14-9-10-19-16-20-15(18)21-22(14)16)23-13-7-5-12(6-8-13)17(2,3)4/h5-11H,1-4H3,(H2,18,21)/t11-/m1/s1. The van der Waals surface area contributed by atoms with Gasteiger partial charge in [0.2, 0.25) is 5.95 Å². The van der Waals surface area contributed by atoms with Crippen LogP contribution in [-0.4, -0.2) is 19.6 Å². The number of hydrogen-bond acceptors (Lipinski definition) is 5. The van der Waals surface area contributed by atoms with Crippen LogP contribution in [0.1, 0.15) is 45.1 Å². The molecule has 0 fully saturated rings. The van der Waals surface area contributed by atoms with Crippen LogP contribution < -0.4 is 10.5 Å². The summed E-state index contributed by atoms with van der Waals surface area (Å²) < 4.78 is 7.64. The predicted octanol–water partition coefficient (Wildman–Crippen LogP) is 3.14. The molecule has 0 aliphatic carbocycles. The minimum absolute atomic E-state index is 0.125. The highest BCUT2D eigenvalue weighted by Gasteiger charge is 2.16. The highest BCUT2D eigenvalue weighted by molar-refractivity contribution is 5.36. The van der Waals surface area contributed by atoms with Gasteiger partial charge in [-0.3, -0.25) is 0 Å². The SMILES string of the molecule is C[C@@H](Oc1ccc(C(C)(C)C)cc1)c1ccnc2nc(N)nn12. The lowest BCUT2D eigenvalue weighted by Crippen LogP contribution is -2.12. The molecule has 0 aliphatic heterocycles. The van der Waals surface area contributed by atoms with Crippen molar-refractivity contribution in [1.82, 2.24) is 19.6 Å². The molecule has 1 aromatic carbocycles. The molecule has 23 heavy (non-hydrogen) atoms. The molecule has 0 aliphatic rings. The van der Waals surface area contributed by atoms with Gasteiger partial charge in [0.1, 0.15) is 11.9 Å². The molecule has 3 aromatic rings. The Morgan fingerprint density at radius 2 is 1.83 bits per heavy atom. The van der Waals surface area contributed by atoms with Crippen LogP contribution in [0.25, 0.3) is 5.78 Å². The molecule has 0 unspecified atom stereocenters. The average Bonchev–Trinajstić information content (AvgIpc) is 2.86. The largest absolute Gasteiger partial charge is 0.484 e. The molecule has 120 valence electrons. The van der Waals surface area contributed by atoms with Crippen molar-refractivity contribution in [2.45, 2.75) is 39.2 Å². The zero-order valence-corrected chi connectivity index (χ0v) is 13.8. The monoisotopic (exact) mass is 311 g/mol. The molecule has 2 heterocycles. The zero-order valence-electron chi connectivity index (χ0n) is 13.8. The Hall–Kier alpha value is -2.63. The fraction of sp³-hybridized carbons (Fsp3) is 0.353. The quantitative estimate of drug-likeness (QED) is 0.804. The Morgan fingerprint density at radius 1 is 1.13 bits per heavy atom. The van der Waals surface area contributed by atoms with Gasteiger partial charge < -0.3 is 10.5 Å². The Labute approximate surface area is 135 Å². The zero-order chi connectivity index (χ0) is 16.6. The van der Waals surface area contributed by atoms with Crippen molar-refractivity contribution < 1.29 is 4.74 Å². The maximum Gasteiger partial charge on any atom is 0.254 e. The Bertz CT molecular complexity index is 817. The lowest BCUT2D eigenvalue weighted by molar-refractivity contribution is 0.218. The lowest BCUT2D eigenvalue weighted by atomic mass is 9.87. The van der Waals surface area contributed by atoms with Gasteiger partial charge in [0.05, 0.1) is 5.69 Å². The number of nitrogen functional groups attached to an aromatic ring is 1. The van der Waals surface area contributed by atoms with E-state index in [2.05, 4.69) is 48.0 Å². The molecule has 0 amide bonds. The van der Waals surface area contributed by atoms with E-state index < -0.39 is 0 Å². The molecule has 3 rings (SSSR count). The van der Waals surface area contributed by atoms with Crippen molar-refractivity contribution in [1.29, 1.82) is 0 Å². The number of ether oxygens (including phenoxy) is 1. The van der Waals surface area contributed by atoms with Crippen LogP contribution in [0, 0.1) is 0 Å². The summed E-state index contributed by atoms with van der Waals surface area (Å²) in [7, 11) is 0. The third-order valence-corrected chi connectivity index (χ3v) is 3.74. The van der Waals surface area contributed by atoms with E-state index in [1.54, 1.807) is 10.7 Å². The first-order valence-corrected chi connectivity index (χ1v) is 7.59. The number of nitrogens with zero attached hydrogens (tertiary/aromatic N) is 4. The molecule has 6 nitrogen and oxygen atoms in total. The third-order valence-electron chi connectivity index (χ3n) is 3.74. The second-order valence-electron chi connectivity index (χ2n) is 6.59. The molecule has 0 saturated carbocycles. The normalized spacial score (nSPS) is 13.2. The minimum atomic E-state index is -0.206. The summed E-state index contributed by atoms with van der Waals surface area (Å²) in [6.07, 6.45) is 1.48. The molecule has 2 aromatic heterocycles. The van der Waals surface area contributed by atoms with Crippen LogP contribution in [0.4, 0.5) is 5.95 Å². The van der Waals surface area contributed by atoms with Gasteiger partial charge in [-0.25, -0.2) is 4.98 Å². The summed E-state index contributed by atoms with van der Waals surface area (Å²) in [6.45, 7) is 8.53. The number of fused-ring (bicyclic) bond motifs is 1. The van der Waals surface area contributed by atoms with Crippen LogP contribution in [0.2, 0.25) is 0 Å². The number of hydrogen-bond donors (Lipinski definition) is 1. The summed E-state index contributed by atoms with van der Waals surface area (Å²) in [5.41, 5.74) is 7.89. The third kappa shape index (κ3) is 3.11. The molecule has 2 N–H and O–H groups in total. The van der Waals surface area contributed by atoms with Crippen molar-refractivity contribution in [2.24, 2.45) is 0 Å². The van der Waals surface area contributed by atoms with Crippen molar-refractivity contribution in [3.8, 4) is 5.75 Å². The molecule has 1 atom stereocenters. The fourth-order valence-corrected chi connectivity index (χ4v) is 2.43. The molecular formula is C17H21N5O. The molecule has 0 bridgehead atoms. The summed E-state index contributed by atoms with van der Waals surface area (Å²) in [5, 5.41) is 4.16. The first kappa shape index (κ1) is 15.3. The second kappa shape index (κ2) is 5.53. The fourth-order valence-electron chi connectivity index (χ4n) is 2.43. The molecule has 0 spiro atoms. The number of aromatic nitrogens is 4. The summed E-state index contributed by atoms with van der Waals surface area (Å²) >= 11 is 0. The van der Waals surface area contributed by atoms with Crippen LogP contribution in [0.3, 0.4) is 0 Å². The van der Waals surface area contributed by atoms with E-state index in [1.165, 1.54) is 5.56 Å². The highest BCUT2D eigenvalue weighted by atomic mass is 16.5. The second-order valence-corrected chi connectivity index (χ2v) is 6.59. The maximum atomic E-state index is 6.03. The Balaban J connectivity index is 1.84. The van der Waals surface area contributed by atoms with Gasteiger partial charge in [-0.05, 0) is 36.1 Å². The van der Waals surface area contributed by atoms with E-state index in [9.17, 15) is 0 Å². The van der Waals surface area contributed by atoms with Crippen LogP contribution in [0.5, 0.6) is 5.75 Å². The van der Waals surface area contributed by atoms with Gasteiger partial charge in [-0.15, -0.1) is 5.10 Å². The Morgan fingerprint density at radius 3 is 2.48 bits per heavy atom. The minimum Gasteiger partial charge on any atom is -0.484 e. The summed E-state index contributed by atoms with van der Waals surface area (Å²) in [4.78, 5) is 8.21. The van der Waals surface area contributed by atoms with E-state index in [0.717, 1.165) is 11.4 Å². The van der Waals surface area contributed by atoms with E-state index >= 15 is 0 Å². The first-order valence-electron chi connectivity index (χ1n) is 7.59. The van der Waals surface area contributed by atoms with Gasteiger partial charge >= 0.3 is 0 Å². The van der Waals surface area contributed by atoms with Crippen molar-refractivity contribution in [3.05, 3.63) is 47.8 Å². The molecule has 6 heteroatoms. The summed E-state index contributed by atoms with van der Waals surface area (Å²) in [6, 6.07) is 10.0. The van der Waals surface area contributed by atoms with Crippen molar-refractivity contribution in [2.75, 3.05) is 5.73 Å². The molecule has 0 radical (unpaired) electrons. The van der Waals surface area contributed by atoms with Gasteiger partial charge in [0.15, 0.2) is 0 Å². The lowest BCUT2D eigenvalue weighted by Gasteiger charge is -2.20. The van der Waals surface area contributed by atoms with E-state index in [-0.39, 0.29) is 17.5 Å². The van der Waals surface area contributed by atoms with Gasteiger partial charge in [0.25, 0.3) is 5.78 Å². The maximum absolute atomic E-state index is 6.03. The van der Waals surface area contributed by atoms with Crippen molar-refractivity contribution in [3.63, 3.8) is 0 Å². The van der Waals surface area contributed by atoms with Gasteiger partial charge in [-0.1, -0.05) is 32.9 Å².